The Kier molecular flexibility index (Phi) is 12.2. The summed E-state index contributed by atoms with van der Waals surface area (Å²) in [5.74, 6) is 1.46. The summed E-state index contributed by atoms with van der Waals surface area (Å²) in [6, 6.07) is 6.47. The van der Waals surface area contributed by atoms with Crippen LogP contribution in [0.5, 0.6) is 0 Å². The number of hydrogen-bond donors (Lipinski definition) is 2. The van der Waals surface area contributed by atoms with Gasteiger partial charge < -0.3 is 20.9 Å². The molecule has 2 amide bonds. The molecule has 7 nitrogen and oxygen atoms in total. The Bertz CT molecular complexity index is 1400. The number of aryl methyl sites for hydroxylation is 1. The first-order valence-electron chi connectivity index (χ1n) is 18.7. The van der Waals surface area contributed by atoms with E-state index in [0.29, 0.717) is 41.4 Å². The Morgan fingerprint density at radius 2 is 1.69 bits per heavy atom. The fraction of sp³-hybridized carbons (Fsp3) is 0.667. The largest absolute Gasteiger partial charge is 0.397 e. The van der Waals surface area contributed by atoms with E-state index in [2.05, 4.69) is 15.6 Å². The van der Waals surface area contributed by atoms with Gasteiger partial charge in [-0.15, -0.1) is 11.3 Å². The van der Waals surface area contributed by atoms with Crippen LogP contribution in [0.1, 0.15) is 106 Å². The van der Waals surface area contributed by atoms with Crippen molar-refractivity contribution in [3.8, 4) is 0 Å². The fourth-order valence-electron chi connectivity index (χ4n) is 8.85. The molecule has 3 aliphatic heterocycles. The van der Waals surface area contributed by atoms with Crippen LogP contribution >= 0.6 is 22.9 Å². The summed E-state index contributed by atoms with van der Waals surface area (Å²) in [5, 5.41) is 5.66. The van der Waals surface area contributed by atoms with E-state index in [0.717, 1.165) is 81.3 Å². The summed E-state index contributed by atoms with van der Waals surface area (Å²) in [4.78, 5) is 46.1. The quantitative estimate of drug-likeness (QED) is 0.219. The van der Waals surface area contributed by atoms with Crippen LogP contribution in [0.15, 0.2) is 23.6 Å². The van der Waals surface area contributed by atoms with E-state index in [1.807, 2.05) is 30.0 Å². The van der Waals surface area contributed by atoms with Crippen molar-refractivity contribution in [3.63, 3.8) is 0 Å². The van der Waals surface area contributed by atoms with Gasteiger partial charge in [-0.2, -0.15) is 0 Å². The van der Waals surface area contributed by atoms with Crippen LogP contribution in [0.25, 0.3) is 0 Å². The summed E-state index contributed by atoms with van der Waals surface area (Å²) >= 11 is 8.19. The van der Waals surface area contributed by atoms with Crippen LogP contribution in [0, 0.1) is 30.6 Å². The zero-order chi connectivity index (χ0) is 33.6. The lowest BCUT2D eigenvalue weighted by molar-refractivity contribution is -0.139. The first kappa shape index (κ1) is 35.4. The molecule has 48 heavy (non-hydrogen) atoms. The third-order valence-electron chi connectivity index (χ3n) is 11.9. The van der Waals surface area contributed by atoms with E-state index in [4.69, 9.17) is 17.3 Å². The van der Waals surface area contributed by atoms with Crippen LogP contribution in [-0.2, 0) is 27.2 Å². The number of carbonyl (C=O) groups is 3. The smallest absolute Gasteiger partial charge is 0.227 e. The van der Waals surface area contributed by atoms with Gasteiger partial charge in [-0.05, 0) is 118 Å². The molecule has 3 fully saturated rings. The molecular formula is C39H55ClN4O3S. The molecule has 0 spiro atoms. The lowest BCUT2D eigenvalue weighted by Crippen LogP contribution is -2.49. The Morgan fingerprint density at radius 3 is 2.40 bits per heavy atom. The minimum atomic E-state index is -0.374. The molecule has 1 aromatic heterocycles. The highest BCUT2D eigenvalue weighted by Crippen LogP contribution is 2.37. The van der Waals surface area contributed by atoms with Crippen molar-refractivity contribution in [1.29, 1.82) is 0 Å². The van der Waals surface area contributed by atoms with Crippen LogP contribution in [0.3, 0.4) is 0 Å². The van der Waals surface area contributed by atoms with Gasteiger partial charge in [-0.3, -0.25) is 14.4 Å². The number of nitrogens with two attached hydrogens (primary N) is 1. The number of ketones is 1. The number of hydrogen-bond acceptors (Lipinski definition) is 6. The predicted octanol–water partition coefficient (Wildman–Crippen LogP) is 8.06. The summed E-state index contributed by atoms with van der Waals surface area (Å²) in [6.45, 7) is 5.86. The molecular weight excluding hydrogens is 640 g/mol. The number of Topliss-reactive ketones (excluding diaryl/α,β-unsaturated/α-hetero) is 1. The zero-order valence-corrected chi connectivity index (χ0v) is 30.4. The number of halogens is 1. The second kappa shape index (κ2) is 16.5. The summed E-state index contributed by atoms with van der Waals surface area (Å²) in [6.07, 6.45) is 15.8. The van der Waals surface area contributed by atoms with Crippen molar-refractivity contribution < 1.29 is 14.4 Å². The number of nitrogens with zero attached hydrogens (tertiary/aromatic N) is 2. The van der Waals surface area contributed by atoms with Crippen LogP contribution in [0.4, 0.5) is 11.4 Å². The van der Waals surface area contributed by atoms with Crippen molar-refractivity contribution >= 4 is 51.9 Å². The van der Waals surface area contributed by atoms with Crippen molar-refractivity contribution in [2.75, 3.05) is 37.2 Å². The number of benzene rings is 1. The average molecular weight is 695 g/mol. The van der Waals surface area contributed by atoms with Crippen LogP contribution in [0.2, 0.25) is 5.02 Å². The molecule has 2 aromatic rings. The number of nitrogen functional groups attached to an aromatic ring is 1. The summed E-state index contributed by atoms with van der Waals surface area (Å²) in [7, 11) is 0. The van der Waals surface area contributed by atoms with Gasteiger partial charge in [0.2, 0.25) is 11.8 Å². The number of anilines is 2. The maximum atomic E-state index is 14.0. The minimum absolute atomic E-state index is 0.0939. The van der Waals surface area contributed by atoms with Gasteiger partial charge in [0.25, 0.3) is 0 Å². The third-order valence-corrected chi connectivity index (χ3v) is 13.2. The Hall–Kier alpha value is -2.42. The minimum Gasteiger partial charge on any atom is -0.397 e. The number of fused-ring (bicyclic) bond motifs is 1. The number of piperidine rings is 2. The van der Waals surface area contributed by atoms with Crippen LogP contribution < -0.4 is 11.1 Å². The molecule has 1 saturated carbocycles. The average Bonchev–Trinajstić information content (AvgIpc) is 3.56. The summed E-state index contributed by atoms with van der Waals surface area (Å²) in [5.41, 5.74) is 9.58. The normalized spacial score (nSPS) is 24.6. The van der Waals surface area contributed by atoms with Gasteiger partial charge in [0.1, 0.15) is 5.78 Å². The molecule has 1 aliphatic carbocycles. The van der Waals surface area contributed by atoms with Crippen molar-refractivity contribution in [3.05, 3.63) is 44.6 Å². The molecule has 262 valence electrons. The maximum Gasteiger partial charge on any atom is 0.227 e. The van der Waals surface area contributed by atoms with Gasteiger partial charge in [-0.1, -0.05) is 49.8 Å². The van der Waals surface area contributed by atoms with Gasteiger partial charge >= 0.3 is 0 Å². The Morgan fingerprint density at radius 1 is 0.979 bits per heavy atom. The highest BCUT2D eigenvalue weighted by atomic mass is 35.5. The second-order valence-electron chi connectivity index (χ2n) is 15.3. The SMILES string of the molecule is Cc1cc(C[C@@H](CC(=O)CCC2CCC(CCC3Cc4sccc4NC3=O)CC2)C(=O)N2CCC(N3CCCCC3)CC2)cc(Cl)c1N. The van der Waals surface area contributed by atoms with Gasteiger partial charge in [0.05, 0.1) is 16.4 Å². The van der Waals surface area contributed by atoms with E-state index >= 15 is 0 Å². The van der Waals surface area contributed by atoms with Crippen LogP contribution in [-0.4, -0.2) is 59.6 Å². The molecule has 1 unspecified atom stereocenters. The highest BCUT2D eigenvalue weighted by Gasteiger charge is 2.33. The van der Waals surface area contributed by atoms with E-state index < -0.39 is 0 Å². The second-order valence-corrected chi connectivity index (χ2v) is 16.7. The maximum absolute atomic E-state index is 14.0. The molecule has 1 aromatic carbocycles. The molecule has 6 rings (SSSR count). The predicted molar refractivity (Wildman–Crippen MR) is 197 cm³/mol. The summed E-state index contributed by atoms with van der Waals surface area (Å²) < 4.78 is 0. The lowest BCUT2D eigenvalue weighted by Gasteiger charge is -2.41. The first-order valence-corrected chi connectivity index (χ1v) is 20.0. The first-order chi connectivity index (χ1) is 23.2. The number of likely N-dealkylation sites (tertiary alicyclic amines) is 2. The van der Waals surface area contributed by atoms with E-state index in [1.165, 1.54) is 50.1 Å². The molecule has 0 radical (unpaired) electrons. The Labute approximate surface area is 296 Å². The molecule has 2 atom stereocenters. The Balaban J connectivity index is 0.979. The molecule has 9 heteroatoms. The lowest BCUT2D eigenvalue weighted by atomic mass is 9.76. The van der Waals surface area contributed by atoms with Crippen molar-refractivity contribution in [1.82, 2.24) is 9.80 Å². The number of nitrogens with one attached hydrogen (secondary N) is 1. The van der Waals surface area contributed by atoms with E-state index in [-0.39, 0.29) is 35.9 Å². The van der Waals surface area contributed by atoms with Gasteiger partial charge in [0, 0.05) is 48.7 Å². The molecule has 3 N–H and O–H groups in total. The van der Waals surface area contributed by atoms with E-state index in [1.54, 1.807) is 11.3 Å². The molecule has 4 heterocycles. The number of rotatable bonds is 12. The van der Waals surface area contributed by atoms with Gasteiger partial charge in [-0.25, -0.2) is 0 Å². The number of carbonyl (C=O) groups excluding carboxylic acids is 3. The number of amides is 2. The monoisotopic (exact) mass is 694 g/mol. The van der Waals surface area contributed by atoms with Crippen molar-refractivity contribution in [2.45, 2.75) is 116 Å². The fourth-order valence-corrected chi connectivity index (χ4v) is 10.1. The van der Waals surface area contributed by atoms with E-state index in [9.17, 15) is 14.4 Å². The van der Waals surface area contributed by atoms with Crippen molar-refractivity contribution in [2.24, 2.45) is 23.7 Å². The highest BCUT2D eigenvalue weighted by molar-refractivity contribution is 7.10. The molecule has 2 saturated heterocycles. The third kappa shape index (κ3) is 9.02. The molecule has 0 bridgehead atoms. The standard InChI is InChI=1S/C39H55ClN4O3S/c1-26-21-29(23-34(40)37(26)41)22-31(39(47)44-18-13-32(14-19-44)43-16-3-2-4-17-43)24-33(45)12-10-28-7-5-27(6-8-28)9-11-30-25-36-35(15-20-48-36)42-38(30)46/h15,20-21,23,27-28,30-32H,2-14,16-19,22,24-25,41H2,1H3,(H,42,46)/t27?,28?,30?,31-/m0/s1. The molecule has 4 aliphatic rings. The van der Waals surface area contributed by atoms with Gasteiger partial charge in [0.15, 0.2) is 0 Å². The zero-order valence-electron chi connectivity index (χ0n) is 28.8. The number of thiophene rings is 1. The topological polar surface area (TPSA) is 95.7 Å².